The molecule has 5 aromatic rings. The Balaban J connectivity index is 1.64. The molecule has 0 aliphatic rings. The largest absolute Gasteiger partial charge is 0.264 e. The number of tetrazole rings is 1. The van der Waals surface area contributed by atoms with Gasteiger partial charge in [-0.1, -0.05) is 18.2 Å². The van der Waals surface area contributed by atoms with Crippen LogP contribution in [0.2, 0.25) is 0 Å². The minimum atomic E-state index is 0.473. The van der Waals surface area contributed by atoms with E-state index in [0.717, 1.165) is 27.9 Å². The van der Waals surface area contributed by atoms with Gasteiger partial charge in [0.1, 0.15) is 5.69 Å². The lowest BCUT2D eigenvalue weighted by molar-refractivity contribution is 0.720. The van der Waals surface area contributed by atoms with Gasteiger partial charge in [-0.2, -0.15) is 0 Å². The maximum Gasteiger partial charge on any atom is 0.223 e. The van der Waals surface area contributed by atoms with Crippen LogP contribution in [0.5, 0.6) is 0 Å². The lowest BCUT2D eigenvalue weighted by atomic mass is 10.00. The van der Waals surface area contributed by atoms with Gasteiger partial charge in [-0.05, 0) is 58.8 Å². The lowest BCUT2D eigenvalue weighted by Gasteiger charge is -2.09. The van der Waals surface area contributed by atoms with Crippen molar-refractivity contribution in [2.45, 2.75) is 0 Å². The monoisotopic (exact) mass is 377 g/mol. The van der Waals surface area contributed by atoms with E-state index < -0.39 is 0 Å². The van der Waals surface area contributed by atoms with Crippen molar-refractivity contribution in [3.8, 4) is 39.5 Å². The van der Waals surface area contributed by atoms with Crippen molar-refractivity contribution >= 4 is 0 Å². The minimum absolute atomic E-state index is 0.473. The third kappa shape index (κ3) is 3.49. The Morgan fingerprint density at radius 3 is 1.97 bits per heavy atom. The fraction of sp³-hybridized carbons (Fsp3) is 0. The van der Waals surface area contributed by atoms with E-state index in [2.05, 4.69) is 36.4 Å². The standard InChI is InChI=1S/C22H15N7/c1-2-10-25-21(7-1)22-26-28-29(27-22)20-12-18(16-5-3-8-23-14-16)11-19(13-20)17-6-4-9-24-15-17/h1-15H. The van der Waals surface area contributed by atoms with Crippen molar-refractivity contribution in [1.82, 2.24) is 35.2 Å². The van der Waals surface area contributed by atoms with Crippen molar-refractivity contribution in [3.63, 3.8) is 0 Å². The molecule has 0 saturated heterocycles. The van der Waals surface area contributed by atoms with Gasteiger partial charge in [0.25, 0.3) is 0 Å². The summed E-state index contributed by atoms with van der Waals surface area (Å²) in [6.07, 6.45) is 8.89. The fourth-order valence-electron chi connectivity index (χ4n) is 3.05. The van der Waals surface area contributed by atoms with Crippen LogP contribution in [0.25, 0.3) is 39.5 Å². The first kappa shape index (κ1) is 16.9. The highest BCUT2D eigenvalue weighted by Crippen LogP contribution is 2.29. The molecule has 0 spiro atoms. The van der Waals surface area contributed by atoms with Crippen LogP contribution in [-0.2, 0) is 0 Å². The Morgan fingerprint density at radius 2 is 1.38 bits per heavy atom. The van der Waals surface area contributed by atoms with Gasteiger partial charge in [-0.25, -0.2) is 0 Å². The summed E-state index contributed by atoms with van der Waals surface area (Å²) in [5.41, 5.74) is 5.49. The zero-order valence-electron chi connectivity index (χ0n) is 15.3. The van der Waals surface area contributed by atoms with E-state index in [1.165, 1.54) is 4.80 Å². The summed E-state index contributed by atoms with van der Waals surface area (Å²) in [4.78, 5) is 14.3. The van der Waals surface area contributed by atoms with E-state index in [4.69, 9.17) is 0 Å². The number of benzene rings is 1. The van der Waals surface area contributed by atoms with Crippen molar-refractivity contribution in [1.29, 1.82) is 0 Å². The normalized spacial score (nSPS) is 10.8. The summed E-state index contributed by atoms with van der Waals surface area (Å²) in [7, 11) is 0. The van der Waals surface area contributed by atoms with E-state index in [-0.39, 0.29) is 0 Å². The van der Waals surface area contributed by atoms with Crippen LogP contribution in [0.4, 0.5) is 0 Å². The second-order valence-corrected chi connectivity index (χ2v) is 6.37. The van der Waals surface area contributed by atoms with Gasteiger partial charge in [-0.3, -0.25) is 15.0 Å². The molecule has 7 heteroatoms. The molecule has 0 N–H and O–H groups in total. The van der Waals surface area contributed by atoms with Gasteiger partial charge in [0, 0.05) is 42.1 Å². The van der Waals surface area contributed by atoms with Gasteiger partial charge in [0.05, 0.1) is 5.69 Å². The minimum Gasteiger partial charge on any atom is -0.264 e. The Kier molecular flexibility index (Phi) is 4.31. The van der Waals surface area contributed by atoms with Gasteiger partial charge < -0.3 is 0 Å². The Bertz CT molecular complexity index is 1180. The van der Waals surface area contributed by atoms with Gasteiger partial charge in [-0.15, -0.1) is 15.0 Å². The van der Waals surface area contributed by atoms with Crippen molar-refractivity contribution < 1.29 is 0 Å². The third-order valence-electron chi connectivity index (χ3n) is 4.45. The molecule has 0 unspecified atom stereocenters. The SMILES string of the molecule is c1ccc(-c2nnn(-c3cc(-c4cccnc4)cc(-c4cccnc4)c3)n2)nc1. The van der Waals surface area contributed by atoms with E-state index >= 15 is 0 Å². The number of aromatic nitrogens is 7. The number of nitrogens with zero attached hydrogens (tertiary/aromatic N) is 7. The van der Waals surface area contributed by atoms with Crippen LogP contribution in [-0.4, -0.2) is 35.2 Å². The number of pyridine rings is 3. The Morgan fingerprint density at radius 1 is 0.655 bits per heavy atom. The highest BCUT2D eigenvalue weighted by Gasteiger charge is 2.12. The first-order chi connectivity index (χ1) is 14.4. The molecular formula is C22H15N7. The summed E-state index contributed by atoms with van der Waals surface area (Å²) in [6, 6.07) is 19.6. The summed E-state index contributed by atoms with van der Waals surface area (Å²) in [5.74, 6) is 0.473. The number of hydrogen-bond acceptors (Lipinski definition) is 6. The van der Waals surface area contributed by atoms with Crippen LogP contribution in [0.3, 0.4) is 0 Å². The van der Waals surface area contributed by atoms with Gasteiger partial charge in [0.15, 0.2) is 0 Å². The molecule has 0 saturated carbocycles. The first-order valence-corrected chi connectivity index (χ1v) is 9.04. The topological polar surface area (TPSA) is 82.3 Å². The second-order valence-electron chi connectivity index (χ2n) is 6.37. The van der Waals surface area contributed by atoms with Crippen LogP contribution in [0, 0.1) is 0 Å². The summed E-state index contributed by atoms with van der Waals surface area (Å²) in [5, 5.41) is 12.9. The van der Waals surface area contributed by atoms with Gasteiger partial charge in [0.2, 0.25) is 5.82 Å². The van der Waals surface area contributed by atoms with Gasteiger partial charge >= 0.3 is 0 Å². The molecule has 0 bridgehead atoms. The van der Waals surface area contributed by atoms with Crippen LogP contribution in [0.1, 0.15) is 0 Å². The van der Waals surface area contributed by atoms with Crippen molar-refractivity contribution in [2.24, 2.45) is 0 Å². The predicted octanol–water partition coefficient (Wildman–Crippen LogP) is 3.85. The summed E-state index contributed by atoms with van der Waals surface area (Å²) >= 11 is 0. The molecule has 4 heterocycles. The van der Waals surface area contributed by atoms with Crippen LogP contribution in [0.15, 0.2) is 91.6 Å². The highest BCUT2D eigenvalue weighted by atomic mass is 15.6. The molecule has 0 radical (unpaired) electrons. The predicted molar refractivity (Wildman–Crippen MR) is 109 cm³/mol. The maximum atomic E-state index is 4.52. The molecule has 0 amide bonds. The third-order valence-corrected chi connectivity index (χ3v) is 4.45. The highest BCUT2D eigenvalue weighted by molar-refractivity contribution is 5.75. The molecule has 5 rings (SSSR count). The van der Waals surface area contributed by atoms with Crippen molar-refractivity contribution in [3.05, 3.63) is 91.6 Å². The fourth-order valence-corrected chi connectivity index (χ4v) is 3.05. The van der Waals surface area contributed by atoms with E-state index in [1.54, 1.807) is 18.6 Å². The molecule has 0 aliphatic heterocycles. The maximum absolute atomic E-state index is 4.52. The molecule has 1 aromatic carbocycles. The zero-order valence-corrected chi connectivity index (χ0v) is 15.3. The van der Waals surface area contributed by atoms with E-state index in [0.29, 0.717) is 11.5 Å². The summed E-state index contributed by atoms with van der Waals surface area (Å²) in [6.45, 7) is 0. The van der Waals surface area contributed by atoms with E-state index in [9.17, 15) is 0 Å². The lowest BCUT2D eigenvalue weighted by Crippen LogP contribution is -2.00. The van der Waals surface area contributed by atoms with Crippen LogP contribution < -0.4 is 0 Å². The number of hydrogen-bond donors (Lipinski definition) is 0. The Hall–Kier alpha value is -4.26. The molecule has 29 heavy (non-hydrogen) atoms. The van der Waals surface area contributed by atoms with Crippen LogP contribution >= 0.6 is 0 Å². The average molecular weight is 377 g/mol. The molecule has 7 nitrogen and oxygen atoms in total. The smallest absolute Gasteiger partial charge is 0.223 e. The average Bonchev–Trinajstić information content (AvgIpc) is 3.31. The molecule has 0 aliphatic carbocycles. The van der Waals surface area contributed by atoms with Crippen molar-refractivity contribution in [2.75, 3.05) is 0 Å². The molecule has 138 valence electrons. The second kappa shape index (κ2) is 7.40. The van der Waals surface area contributed by atoms with E-state index in [1.807, 2.05) is 67.0 Å². The Labute approximate surface area is 166 Å². The first-order valence-electron chi connectivity index (χ1n) is 9.04. The summed E-state index contributed by atoms with van der Waals surface area (Å²) < 4.78 is 0. The zero-order chi connectivity index (χ0) is 19.5. The molecule has 4 aromatic heterocycles. The number of rotatable bonds is 4. The quantitative estimate of drug-likeness (QED) is 0.473. The molecular weight excluding hydrogens is 362 g/mol. The molecule has 0 fully saturated rings. The molecule has 0 atom stereocenters.